The van der Waals surface area contributed by atoms with E-state index in [1.165, 1.54) is 0 Å². The zero-order valence-corrected chi connectivity index (χ0v) is 13.1. The molecular formula is C14H13Cl2NO2S. The Kier molecular flexibility index (Phi) is 4.91. The van der Waals surface area contributed by atoms with Crippen molar-refractivity contribution in [1.29, 1.82) is 0 Å². The van der Waals surface area contributed by atoms with Crippen molar-refractivity contribution in [3.63, 3.8) is 0 Å². The van der Waals surface area contributed by atoms with Gasteiger partial charge in [-0.25, -0.2) is 0 Å². The predicted molar refractivity (Wildman–Crippen MR) is 84.0 cm³/mol. The van der Waals surface area contributed by atoms with Crippen molar-refractivity contribution in [2.45, 2.75) is 10.6 Å². The lowest BCUT2D eigenvalue weighted by atomic mass is 10.2. The van der Waals surface area contributed by atoms with Crippen LogP contribution < -0.4 is 10.5 Å². The number of nitrogen functional groups attached to an aromatic ring is 1. The molecule has 2 N–H and O–H groups in total. The number of halogens is 2. The summed E-state index contributed by atoms with van der Waals surface area (Å²) in [5.41, 5.74) is 7.09. The Bertz CT molecular complexity index is 641. The van der Waals surface area contributed by atoms with E-state index in [1.807, 2.05) is 0 Å². The topological polar surface area (TPSA) is 52.3 Å². The molecule has 6 heteroatoms. The van der Waals surface area contributed by atoms with Crippen LogP contribution in [0.4, 0.5) is 5.69 Å². The van der Waals surface area contributed by atoms with Gasteiger partial charge in [-0.15, -0.1) is 0 Å². The van der Waals surface area contributed by atoms with Gasteiger partial charge in [0.2, 0.25) is 0 Å². The molecule has 0 amide bonds. The molecule has 106 valence electrons. The Morgan fingerprint density at radius 1 is 1.20 bits per heavy atom. The third-order valence-electron chi connectivity index (χ3n) is 2.74. The molecule has 0 saturated heterocycles. The molecule has 0 aliphatic heterocycles. The molecule has 3 nitrogen and oxygen atoms in total. The molecule has 20 heavy (non-hydrogen) atoms. The molecule has 2 aromatic rings. The predicted octanol–water partition coefficient (Wildman–Crippen LogP) is 3.89. The lowest BCUT2D eigenvalue weighted by Gasteiger charge is -2.11. The third-order valence-corrected chi connectivity index (χ3v) is 5.06. The fraction of sp³-hybridized carbons (Fsp3) is 0.143. The summed E-state index contributed by atoms with van der Waals surface area (Å²) in [7, 11) is 0.179. The van der Waals surface area contributed by atoms with E-state index in [0.29, 0.717) is 26.4 Å². The molecule has 0 aromatic heterocycles. The average Bonchev–Trinajstić information content (AvgIpc) is 2.38. The number of benzene rings is 2. The van der Waals surface area contributed by atoms with E-state index in [4.69, 9.17) is 33.7 Å². The van der Waals surface area contributed by atoms with Gasteiger partial charge in [-0.1, -0.05) is 29.3 Å². The minimum atomic E-state index is -1.38. The standard InChI is InChI=1S/C14H13Cl2NO2S/c1-19-13-6-5-10(17)7-9(13)8-20(18)14-11(15)3-2-4-12(14)16/h2-7H,8,17H2,1H3. The van der Waals surface area contributed by atoms with Gasteiger partial charge in [0.1, 0.15) is 5.75 Å². The van der Waals surface area contributed by atoms with Gasteiger partial charge >= 0.3 is 0 Å². The van der Waals surface area contributed by atoms with E-state index in [-0.39, 0.29) is 5.75 Å². The van der Waals surface area contributed by atoms with Crippen LogP contribution in [0.2, 0.25) is 10.0 Å². The van der Waals surface area contributed by atoms with Crippen LogP contribution in [-0.4, -0.2) is 11.3 Å². The van der Waals surface area contributed by atoms with Gasteiger partial charge in [-0.2, -0.15) is 0 Å². The van der Waals surface area contributed by atoms with Crippen molar-refractivity contribution in [2.75, 3.05) is 12.8 Å². The number of hydrogen-bond donors (Lipinski definition) is 1. The van der Waals surface area contributed by atoms with Gasteiger partial charge in [0.15, 0.2) is 0 Å². The van der Waals surface area contributed by atoms with Gasteiger partial charge in [0.05, 0.1) is 38.6 Å². The normalized spacial score (nSPS) is 12.2. The van der Waals surface area contributed by atoms with Gasteiger partial charge in [0, 0.05) is 11.3 Å². The Morgan fingerprint density at radius 3 is 2.45 bits per heavy atom. The van der Waals surface area contributed by atoms with Crippen molar-refractivity contribution in [3.8, 4) is 5.75 Å². The number of methoxy groups -OCH3 is 1. The van der Waals surface area contributed by atoms with Crippen molar-refractivity contribution >= 4 is 39.7 Å². The van der Waals surface area contributed by atoms with Crippen LogP contribution in [0.3, 0.4) is 0 Å². The molecule has 2 aromatic carbocycles. The van der Waals surface area contributed by atoms with Gasteiger partial charge in [-0.05, 0) is 30.3 Å². The minimum absolute atomic E-state index is 0.234. The molecule has 0 radical (unpaired) electrons. The quantitative estimate of drug-likeness (QED) is 0.865. The van der Waals surface area contributed by atoms with E-state index in [1.54, 1.807) is 43.5 Å². The molecule has 0 bridgehead atoms. The van der Waals surface area contributed by atoms with Gasteiger partial charge in [-0.3, -0.25) is 4.21 Å². The molecule has 0 aliphatic carbocycles. The van der Waals surface area contributed by atoms with Crippen molar-refractivity contribution < 1.29 is 8.95 Å². The number of nitrogens with two attached hydrogens (primary N) is 1. The summed E-state index contributed by atoms with van der Waals surface area (Å²) >= 11 is 12.1. The van der Waals surface area contributed by atoms with Gasteiger partial charge < -0.3 is 10.5 Å². The Hall–Kier alpha value is -1.23. The molecule has 0 aliphatic rings. The summed E-state index contributed by atoms with van der Waals surface area (Å²) in [4.78, 5) is 0.431. The SMILES string of the molecule is COc1ccc(N)cc1CS(=O)c1c(Cl)cccc1Cl. The van der Waals surface area contributed by atoms with Crippen LogP contribution >= 0.6 is 23.2 Å². The first-order valence-corrected chi connectivity index (χ1v) is 7.85. The first-order valence-electron chi connectivity index (χ1n) is 5.77. The largest absolute Gasteiger partial charge is 0.496 e. The van der Waals surface area contributed by atoms with Crippen LogP contribution in [0, 0.1) is 0 Å². The molecule has 1 unspecified atom stereocenters. The summed E-state index contributed by atoms with van der Waals surface area (Å²) < 4.78 is 17.7. The van der Waals surface area contributed by atoms with Crippen molar-refractivity contribution in [3.05, 3.63) is 52.0 Å². The van der Waals surface area contributed by atoms with E-state index < -0.39 is 10.8 Å². The molecule has 0 saturated carbocycles. The fourth-order valence-electron chi connectivity index (χ4n) is 1.82. The lowest BCUT2D eigenvalue weighted by molar-refractivity contribution is 0.411. The lowest BCUT2D eigenvalue weighted by Crippen LogP contribution is -2.01. The first kappa shape index (κ1) is 15.2. The van der Waals surface area contributed by atoms with Crippen molar-refractivity contribution in [2.24, 2.45) is 0 Å². The Labute approximate surface area is 130 Å². The highest BCUT2D eigenvalue weighted by molar-refractivity contribution is 7.84. The summed E-state index contributed by atoms with van der Waals surface area (Å²) in [6, 6.07) is 10.3. The van der Waals surface area contributed by atoms with Crippen LogP contribution in [0.5, 0.6) is 5.75 Å². The second-order valence-corrected chi connectivity index (χ2v) is 6.31. The second kappa shape index (κ2) is 6.48. The number of anilines is 1. The smallest absolute Gasteiger partial charge is 0.123 e. The zero-order chi connectivity index (χ0) is 14.7. The highest BCUT2D eigenvalue weighted by atomic mass is 35.5. The Morgan fingerprint density at radius 2 is 1.85 bits per heavy atom. The molecule has 0 heterocycles. The maximum atomic E-state index is 12.5. The summed E-state index contributed by atoms with van der Waals surface area (Å²) in [6.45, 7) is 0. The molecule has 0 spiro atoms. The van der Waals surface area contributed by atoms with Crippen LogP contribution in [0.1, 0.15) is 5.56 Å². The molecule has 2 rings (SSSR count). The maximum absolute atomic E-state index is 12.5. The average molecular weight is 330 g/mol. The summed E-state index contributed by atoms with van der Waals surface area (Å²) in [5, 5.41) is 0.775. The highest BCUT2D eigenvalue weighted by Crippen LogP contribution is 2.31. The first-order chi connectivity index (χ1) is 9.52. The number of ether oxygens (including phenoxy) is 1. The van der Waals surface area contributed by atoms with E-state index in [0.717, 1.165) is 5.56 Å². The second-order valence-electron chi connectivity index (χ2n) is 4.11. The zero-order valence-electron chi connectivity index (χ0n) is 10.7. The van der Waals surface area contributed by atoms with Crippen LogP contribution in [0.15, 0.2) is 41.3 Å². The Balaban J connectivity index is 2.35. The van der Waals surface area contributed by atoms with E-state index in [2.05, 4.69) is 0 Å². The number of hydrogen-bond acceptors (Lipinski definition) is 3. The fourth-order valence-corrected chi connectivity index (χ4v) is 3.96. The molecule has 0 fully saturated rings. The molecule has 1 atom stereocenters. The highest BCUT2D eigenvalue weighted by Gasteiger charge is 2.15. The minimum Gasteiger partial charge on any atom is -0.496 e. The van der Waals surface area contributed by atoms with Gasteiger partial charge in [0.25, 0.3) is 0 Å². The summed E-state index contributed by atoms with van der Waals surface area (Å²) in [6.07, 6.45) is 0. The third kappa shape index (κ3) is 3.26. The monoisotopic (exact) mass is 329 g/mol. The van der Waals surface area contributed by atoms with Crippen molar-refractivity contribution in [1.82, 2.24) is 0 Å². The van der Waals surface area contributed by atoms with E-state index in [9.17, 15) is 4.21 Å². The van der Waals surface area contributed by atoms with Crippen LogP contribution in [-0.2, 0) is 16.6 Å². The van der Waals surface area contributed by atoms with E-state index >= 15 is 0 Å². The molecular weight excluding hydrogens is 317 g/mol. The summed E-state index contributed by atoms with van der Waals surface area (Å²) in [5.74, 6) is 0.869. The number of rotatable bonds is 4. The van der Waals surface area contributed by atoms with Crippen LogP contribution in [0.25, 0.3) is 0 Å². The maximum Gasteiger partial charge on any atom is 0.123 e.